The minimum Gasteiger partial charge on any atom is -0.207 e. The van der Waals surface area contributed by atoms with Gasteiger partial charge in [0.15, 0.2) is 5.83 Å². The summed E-state index contributed by atoms with van der Waals surface area (Å²) in [6.07, 6.45) is 0. The fourth-order valence-corrected chi connectivity index (χ4v) is 3.61. The highest BCUT2D eigenvalue weighted by Crippen LogP contribution is 2.63. The highest BCUT2D eigenvalue weighted by atomic mass is 32.1. The van der Waals surface area contributed by atoms with Crippen molar-refractivity contribution < 1.29 is 35.1 Å². The summed E-state index contributed by atoms with van der Waals surface area (Å²) in [6, 6.07) is 5.80. The number of alkyl halides is 6. The maximum Gasteiger partial charge on any atom is 0.383 e. The quantitative estimate of drug-likeness (QED) is 0.521. The van der Waals surface area contributed by atoms with Crippen LogP contribution in [0.3, 0.4) is 0 Å². The van der Waals surface area contributed by atoms with Crippen LogP contribution in [0.15, 0.2) is 36.2 Å². The van der Waals surface area contributed by atoms with Crippen LogP contribution < -0.4 is 0 Å². The zero-order valence-electron chi connectivity index (χ0n) is 12.3. The van der Waals surface area contributed by atoms with Crippen molar-refractivity contribution in [3.63, 3.8) is 0 Å². The molecule has 0 amide bonds. The van der Waals surface area contributed by atoms with Gasteiger partial charge in [-0.1, -0.05) is 12.1 Å². The lowest BCUT2D eigenvalue weighted by Gasteiger charge is -2.24. The minimum atomic E-state index is -5.88. The molecule has 3 rings (SSSR count). The Bertz CT molecular complexity index is 878. The third kappa shape index (κ3) is 2.32. The van der Waals surface area contributed by atoms with E-state index in [0.29, 0.717) is 0 Å². The second-order valence-corrected chi connectivity index (χ2v) is 6.76. The molecule has 0 nitrogen and oxygen atoms in total. The number of benzene rings is 1. The van der Waals surface area contributed by atoms with Gasteiger partial charge >= 0.3 is 17.8 Å². The number of allylic oxidation sites excluding steroid dienone is 2. The molecule has 0 bridgehead atoms. The standard InChI is InChI=1S/C16H8F8S/c1-7-10(6-11(25-7)8-3-2-4-9(17)5-8)12-13(18)15(21,22)16(23,24)14(12,19)20/h2-6H,1H3. The highest BCUT2D eigenvalue weighted by Gasteiger charge is 2.81. The fraction of sp³-hybridized carbons (Fsp3) is 0.250. The van der Waals surface area contributed by atoms with E-state index in [0.717, 1.165) is 29.5 Å². The van der Waals surface area contributed by atoms with Gasteiger partial charge in [-0.2, -0.15) is 26.3 Å². The van der Waals surface area contributed by atoms with Gasteiger partial charge in [-0.25, -0.2) is 8.78 Å². The van der Waals surface area contributed by atoms with E-state index < -0.39 is 40.5 Å². The van der Waals surface area contributed by atoms with Crippen LogP contribution in [0.5, 0.6) is 0 Å². The lowest BCUT2D eigenvalue weighted by molar-refractivity contribution is -0.263. The number of hydrogen-bond donors (Lipinski definition) is 0. The van der Waals surface area contributed by atoms with E-state index in [9.17, 15) is 35.1 Å². The van der Waals surface area contributed by atoms with Gasteiger partial charge < -0.3 is 0 Å². The topological polar surface area (TPSA) is 0 Å². The summed E-state index contributed by atoms with van der Waals surface area (Å²) >= 11 is 0.775. The van der Waals surface area contributed by atoms with Gasteiger partial charge in [0.05, 0.1) is 5.57 Å². The largest absolute Gasteiger partial charge is 0.383 e. The molecule has 1 aliphatic carbocycles. The first-order valence-corrected chi connectivity index (χ1v) is 7.64. The van der Waals surface area contributed by atoms with Gasteiger partial charge in [0.1, 0.15) is 5.82 Å². The highest BCUT2D eigenvalue weighted by molar-refractivity contribution is 7.15. The van der Waals surface area contributed by atoms with Gasteiger partial charge in [0.25, 0.3) is 0 Å². The van der Waals surface area contributed by atoms with Crippen LogP contribution >= 0.6 is 11.3 Å². The Morgan fingerprint density at radius 3 is 2.04 bits per heavy atom. The average molecular weight is 384 g/mol. The van der Waals surface area contributed by atoms with E-state index in [-0.39, 0.29) is 15.3 Å². The number of aryl methyl sites for hydroxylation is 1. The Morgan fingerprint density at radius 2 is 1.52 bits per heavy atom. The predicted molar refractivity (Wildman–Crippen MR) is 77.3 cm³/mol. The molecule has 0 radical (unpaired) electrons. The van der Waals surface area contributed by atoms with Crippen molar-refractivity contribution in [3.8, 4) is 10.4 Å². The third-order valence-electron chi connectivity index (χ3n) is 3.89. The lowest BCUT2D eigenvalue weighted by Crippen LogP contribution is -2.48. The number of rotatable bonds is 2. The summed E-state index contributed by atoms with van der Waals surface area (Å²) in [4.78, 5) is 0.0826. The third-order valence-corrected chi connectivity index (χ3v) is 4.99. The van der Waals surface area contributed by atoms with Crippen LogP contribution in [-0.2, 0) is 0 Å². The predicted octanol–water partition coefficient (Wildman–Crippen LogP) is 6.46. The Labute approximate surface area is 140 Å². The molecule has 0 saturated carbocycles. The summed E-state index contributed by atoms with van der Waals surface area (Å²) in [6.45, 7) is 1.20. The summed E-state index contributed by atoms with van der Waals surface area (Å²) in [5.41, 5.74) is -2.55. The second-order valence-electron chi connectivity index (χ2n) is 5.50. The molecule has 1 aliphatic rings. The molecule has 0 N–H and O–H groups in total. The molecule has 0 fully saturated rings. The molecule has 0 unspecified atom stereocenters. The summed E-state index contributed by atoms with van der Waals surface area (Å²) in [5, 5.41) is 0. The summed E-state index contributed by atoms with van der Waals surface area (Å²) in [5.74, 6) is -20.4. The SMILES string of the molecule is Cc1sc(-c2cccc(F)c2)cc1C1=C(F)C(F)(F)C(F)(F)C1(F)F. The summed E-state index contributed by atoms with van der Waals surface area (Å²) in [7, 11) is 0. The molecule has 9 heteroatoms. The van der Waals surface area contributed by atoms with Crippen LogP contribution in [0.25, 0.3) is 16.0 Å². The zero-order chi connectivity index (χ0) is 18.8. The second kappa shape index (κ2) is 5.30. The molecule has 1 heterocycles. The number of thiophene rings is 1. The first-order valence-electron chi connectivity index (χ1n) is 6.82. The Morgan fingerprint density at radius 1 is 0.880 bits per heavy atom. The first-order chi connectivity index (χ1) is 11.4. The molecule has 0 atom stereocenters. The molecule has 25 heavy (non-hydrogen) atoms. The monoisotopic (exact) mass is 384 g/mol. The Hall–Kier alpha value is -1.90. The Balaban J connectivity index is 2.19. The smallest absolute Gasteiger partial charge is 0.207 e. The minimum absolute atomic E-state index is 0.0717. The van der Waals surface area contributed by atoms with Gasteiger partial charge in [-0.05, 0) is 30.7 Å². The van der Waals surface area contributed by atoms with Gasteiger partial charge in [-0.15, -0.1) is 11.3 Å². The molecule has 1 aromatic carbocycles. The average Bonchev–Trinajstić information content (AvgIpc) is 2.91. The first kappa shape index (κ1) is 17.9. The van der Waals surface area contributed by atoms with Gasteiger partial charge in [-0.3, -0.25) is 0 Å². The van der Waals surface area contributed by atoms with Crippen LogP contribution in [0, 0.1) is 12.7 Å². The zero-order valence-corrected chi connectivity index (χ0v) is 13.1. The van der Waals surface area contributed by atoms with Crippen LogP contribution in [0.2, 0.25) is 0 Å². The maximum atomic E-state index is 13.9. The van der Waals surface area contributed by atoms with Crippen molar-refractivity contribution in [2.45, 2.75) is 24.7 Å². The molecule has 134 valence electrons. The Kier molecular flexibility index (Phi) is 3.79. The number of halogens is 8. The molecule has 0 aliphatic heterocycles. The van der Waals surface area contributed by atoms with E-state index in [1.807, 2.05) is 0 Å². The molecule has 0 spiro atoms. The molecule has 0 saturated heterocycles. The van der Waals surface area contributed by atoms with Crippen molar-refractivity contribution in [2.24, 2.45) is 0 Å². The van der Waals surface area contributed by atoms with E-state index in [4.69, 9.17) is 0 Å². The van der Waals surface area contributed by atoms with Crippen molar-refractivity contribution in [1.29, 1.82) is 0 Å². The van der Waals surface area contributed by atoms with Crippen molar-refractivity contribution >= 4 is 16.9 Å². The van der Waals surface area contributed by atoms with E-state index in [1.54, 1.807) is 0 Å². The molecule has 1 aromatic heterocycles. The normalized spacial score (nSPS) is 21.0. The maximum absolute atomic E-state index is 13.9. The number of hydrogen-bond acceptors (Lipinski definition) is 1. The van der Waals surface area contributed by atoms with E-state index >= 15 is 0 Å². The van der Waals surface area contributed by atoms with Crippen LogP contribution in [-0.4, -0.2) is 17.8 Å². The van der Waals surface area contributed by atoms with Crippen molar-refractivity contribution in [3.05, 3.63) is 52.4 Å². The van der Waals surface area contributed by atoms with E-state index in [2.05, 4.69) is 0 Å². The van der Waals surface area contributed by atoms with Gasteiger partial charge in [0.2, 0.25) is 0 Å². The lowest BCUT2D eigenvalue weighted by atomic mass is 10.0. The van der Waals surface area contributed by atoms with Crippen LogP contribution in [0.1, 0.15) is 10.4 Å². The molecular formula is C16H8F8S. The summed E-state index contributed by atoms with van der Waals surface area (Å²) < 4.78 is 108. The van der Waals surface area contributed by atoms with Crippen LogP contribution in [0.4, 0.5) is 35.1 Å². The fourth-order valence-electron chi connectivity index (χ4n) is 2.59. The van der Waals surface area contributed by atoms with E-state index in [1.165, 1.54) is 19.1 Å². The van der Waals surface area contributed by atoms with Crippen molar-refractivity contribution in [2.75, 3.05) is 0 Å². The molecule has 2 aromatic rings. The van der Waals surface area contributed by atoms with Crippen molar-refractivity contribution in [1.82, 2.24) is 0 Å². The van der Waals surface area contributed by atoms with Gasteiger partial charge in [0, 0.05) is 15.3 Å². The molecular weight excluding hydrogens is 376 g/mol.